The summed E-state index contributed by atoms with van der Waals surface area (Å²) in [5.74, 6) is 1.07. The Labute approximate surface area is 143 Å². The number of hydrogen-bond donors (Lipinski definition) is 0. The van der Waals surface area contributed by atoms with Crippen molar-refractivity contribution in [3.63, 3.8) is 0 Å². The monoisotopic (exact) mass is 342 g/mol. The molecular weight excluding hydrogens is 324 g/mol. The number of benzene rings is 2. The summed E-state index contributed by atoms with van der Waals surface area (Å²) in [5.41, 5.74) is 1.55. The zero-order valence-corrected chi connectivity index (χ0v) is 14.6. The maximum atomic E-state index is 12.4. The second-order valence-corrected chi connectivity index (χ2v) is 6.10. The van der Waals surface area contributed by atoms with E-state index in [1.54, 1.807) is 26.4 Å². The summed E-state index contributed by atoms with van der Waals surface area (Å²) in [6, 6.07) is 12.9. The highest BCUT2D eigenvalue weighted by atomic mass is 32.1. The summed E-state index contributed by atoms with van der Waals surface area (Å²) in [5, 5.41) is 0. The number of thiazole rings is 1. The Balaban J connectivity index is 2.18. The zero-order valence-electron chi connectivity index (χ0n) is 13.8. The summed E-state index contributed by atoms with van der Waals surface area (Å²) >= 11 is 1.46. The Bertz CT molecular complexity index is 942. The van der Waals surface area contributed by atoms with Crippen molar-refractivity contribution < 1.29 is 14.3 Å². The molecule has 0 bridgehead atoms. The van der Waals surface area contributed by atoms with Gasteiger partial charge in [-0.05, 0) is 19.1 Å². The van der Waals surface area contributed by atoms with E-state index in [0.717, 1.165) is 10.2 Å². The molecule has 0 aliphatic rings. The van der Waals surface area contributed by atoms with Crippen molar-refractivity contribution in [2.45, 2.75) is 13.5 Å². The molecule has 0 fully saturated rings. The third-order valence-electron chi connectivity index (χ3n) is 3.72. The number of aryl methyl sites for hydroxylation is 1. The minimum absolute atomic E-state index is 0.247. The van der Waals surface area contributed by atoms with Gasteiger partial charge in [0.15, 0.2) is 16.3 Å². The first kappa shape index (κ1) is 16.3. The topological polar surface area (TPSA) is 52.8 Å². The van der Waals surface area contributed by atoms with Crippen LogP contribution < -0.4 is 14.3 Å². The fourth-order valence-electron chi connectivity index (χ4n) is 2.52. The second kappa shape index (κ2) is 6.88. The molecule has 3 aromatic rings. The maximum Gasteiger partial charge on any atom is 0.279 e. The van der Waals surface area contributed by atoms with Gasteiger partial charge in [-0.25, -0.2) is 0 Å². The fraction of sp³-hybridized carbons (Fsp3) is 0.222. The number of hydrogen-bond acceptors (Lipinski definition) is 4. The van der Waals surface area contributed by atoms with Gasteiger partial charge in [0.1, 0.15) is 0 Å². The van der Waals surface area contributed by atoms with Gasteiger partial charge in [0, 0.05) is 24.2 Å². The van der Waals surface area contributed by atoms with Gasteiger partial charge in [-0.1, -0.05) is 29.5 Å². The lowest BCUT2D eigenvalue weighted by Crippen LogP contribution is -2.15. The summed E-state index contributed by atoms with van der Waals surface area (Å²) in [4.78, 5) is 17.4. The van der Waals surface area contributed by atoms with Gasteiger partial charge in [0.2, 0.25) is 0 Å². The van der Waals surface area contributed by atoms with Gasteiger partial charge in [-0.2, -0.15) is 4.99 Å². The number of amides is 1. The average Bonchev–Trinajstić information content (AvgIpc) is 2.96. The molecule has 0 radical (unpaired) electrons. The Morgan fingerprint density at radius 1 is 1.12 bits per heavy atom. The van der Waals surface area contributed by atoms with Crippen LogP contribution in [-0.4, -0.2) is 24.7 Å². The summed E-state index contributed by atoms with van der Waals surface area (Å²) < 4.78 is 13.7. The Morgan fingerprint density at radius 3 is 2.42 bits per heavy atom. The lowest BCUT2D eigenvalue weighted by Gasteiger charge is -2.08. The van der Waals surface area contributed by atoms with E-state index in [9.17, 15) is 4.79 Å². The molecule has 0 aliphatic heterocycles. The summed E-state index contributed by atoms with van der Waals surface area (Å²) in [7, 11) is 3.21. The smallest absolute Gasteiger partial charge is 0.279 e. The third-order valence-corrected chi connectivity index (χ3v) is 4.76. The molecule has 0 aliphatic carbocycles. The normalized spacial score (nSPS) is 11.7. The molecule has 0 saturated heterocycles. The molecule has 5 nitrogen and oxygen atoms in total. The molecule has 0 atom stereocenters. The van der Waals surface area contributed by atoms with Gasteiger partial charge >= 0.3 is 0 Å². The van der Waals surface area contributed by atoms with Crippen LogP contribution in [0.1, 0.15) is 17.3 Å². The maximum absolute atomic E-state index is 12.4. The predicted octanol–water partition coefficient (Wildman–Crippen LogP) is 3.48. The lowest BCUT2D eigenvalue weighted by atomic mass is 10.2. The number of carbonyl (C=O) groups excluding carboxylic acids is 1. The van der Waals surface area contributed by atoms with E-state index in [0.29, 0.717) is 28.4 Å². The van der Waals surface area contributed by atoms with Crippen molar-refractivity contribution in [1.82, 2.24) is 4.57 Å². The highest BCUT2D eigenvalue weighted by Gasteiger charge is 2.12. The Hall–Kier alpha value is -2.60. The van der Waals surface area contributed by atoms with Gasteiger partial charge in [-0.15, -0.1) is 0 Å². The molecule has 1 aromatic heterocycles. The first-order valence-electron chi connectivity index (χ1n) is 7.57. The second-order valence-electron chi connectivity index (χ2n) is 5.09. The minimum Gasteiger partial charge on any atom is -0.493 e. The van der Waals surface area contributed by atoms with E-state index in [2.05, 4.69) is 4.99 Å². The first-order chi connectivity index (χ1) is 11.7. The van der Waals surface area contributed by atoms with Gasteiger partial charge in [-0.3, -0.25) is 4.79 Å². The molecule has 0 saturated carbocycles. The van der Waals surface area contributed by atoms with Crippen LogP contribution in [0.15, 0.2) is 47.5 Å². The number of carbonyl (C=O) groups is 1. The molecule has 0 N–H and O–H groups in total. The van der Waals surface area contributed by atoms with E-state index in [1.165, 1.54) is 11.3 Å². The van der Waals surface area contributed by atoms with E-state index in [1.807, 2.05) is 41.8 Å². The molecule has 2 aromatic carbocycles. The number of nitrogens with zero attached hydrogens (tertiary/aromatic N) is 2. The highest BCUT2D eigenvalue weighted by Crippen LogP contribution is 2.33. The molecule has 3 rings (SSSR count). The largest absolute Gasteiger partial charge is 0.493 e. The lowest BCUT2D eigenvalue weighted by molar-refractivity contribution is 0.0998. The van der Waals surface area contributed by atoms with Crippen LogP contribution in [0.2, 0.25) is 0 Å². The van der Waals surface area contributed by atoms with Crippen LogP contribution in [0.3, 0.4) is 0 Å². The van der Waals surface area contributed by atoms with E-state index in [4.69, 9.17) is 9.47 Å². The number of aromatic nitrogens is 1. The molecule has 0 spiro atoms. The summed E-state index contributed by atoms with van der Waals surface area (Å²) in [6.45, 7) is 2.73. The zero-order chi connectivity index (χ0) is 17.1. The van der Waals surface area contributed by atoms with Crippen LogP contribution >= 0.6 is 11.3 Å². The van der Waals surface area contributed by atoms with E-state index in [-0.39, 0.29) is 5.91 Å². The van der Waals surface area contributed by atoms with Crippen LogP contribution in [0.5, 0.6) is 11.5 Å². The molecular formula is C18H18N2O3S. The van der Waals surface area contributed by atoms with E-state index >= 15 is 0 Å². The molecule has 1 heterocycles. The highest BCUT2D eigenvalue weighted by molar-refractivity contribution is 7.16. The number of ether oxygens (including phenoxy) is 2. The van der Waals surface area contributed by atoms with Crippen molar-refractivity contribution in [2.75, 3.05) is 14.2 Å². The van der Waals surface area contributed by atoms with Crippen LogP contribution in [0.25, 0.3) is 10.2 Å². The molecule has 24 heavy (non-hydrogen) atoms. The number of fused-ring (bicyclic) bond motifs is 1. The van der Waals surface area contributed by atoms with Crippen molar-refractivity contribution in [1.29, 1.82) is 0 Å². The average molecular weight is 342 g/mol. The standard InChI is InChI=1S/C18H18N2O3S/c1-4-20-13-10-14(22-2)15(23-3)11-16(13)24-18(20)19-17(21)12-8-6-5-7-9-12/h5-11H,4H2,1-3H3. The number of rotatable bonds is 4. The fourth-order valence-corrected chi connectivity index (χ4v) is 3.62. The van der Waals surface area contributed by atoms with Crippen LogP contribution in [0, 0.1) is 0 Å². The SMILES string of the molecule is CCn1c(=NC(=O)c2ccccc2)sc2cc(OC)c(OC)cc21. The van der Waals surface area contributed by atoms with Crippen molar-refractivity contribution >= 4 is 27.5 Å². The third kappa shape index (κ3) is 2.92. The Morgan fingerprint density at radius 2 is 1.79 bits per heavy atom. The first-order valence-corrected chi connectivity index (χ1v) is 8.39. The Kier molecular flexibility index (Phi) is 4.66. The van der Waals surface area contributed by atoms with Crippen LogP contribution in [0.4, 0.5) is 0 Å². The van der Waals surface area contributed by atoms with Gasteiger partial charge in [0.05, 0.1) is 24.4 Å². The quantitative estimate of drug-likeness (QED) is 0.729. The van der Waals surface area contributed by atoms with Gasteiger partial charge in [0.25, 0.3) is 5.91 Å². The van der Waals surface area contributed by atoms with Crippen molar-refractivity contribution in [2.24, 2.45) is 4.99 Å². The van der Waals surface area contributed by atoms with Gasteiger partial charge < -0.3 is 14.0 Å². The summed E-state index contributed by atoms with van der Waals surface area (Å²) in [6.07, 6.45) is 0. The van der Waals surface area contributed by atoms with Crippen molar-refractivity contribution in [3.8, 4) is 11.5 Å². The minimum atomic E-state index is -0.247. The number of methoxy groups -OCH3 is 2. The predicted molar refractivity (Wildman–Crippen MR) is 94.9 cm³/mol. The molecule has 124 valence electrons. The molecule has 0 unspecified atom stereocenters. The van der Waals surface area contributed by atoms with Crippen LogP contribution in [-0.2, 0) is 6.54 Å². The van der Waals surface area contributed by atoms with E-state index < -0.39 is 0 Å². The van der Waals surface area contributed by atoms with Crippen molar-refractivity contribution in [3.05, 3.63) is 52.8 Å². The molecule has 1 amide bonds. The molecule has 6 heteroatoms.